The Labute approximate surface area is 130 Å². The van der Waals surface area contributed by atoms with E-state index in [1.807, 2.05) is 19.1 Å². The van der Waals surface area contributed by atoms with Gasteiger partial charge in [-0.15, -0.1) is 12.4 Å². The predicted octanol–water partition coefficient (Wildman–Crippen LogP) is 4.41. The van der Waals surface area contributed by atoms with Crippen LogP contribution in [0.5, 0.6) is 11.5 Å². The zero-order valence-electron chi connectivity index (χ0n) is 11.6. The van der Waals surface area contributed by atoms with Gasteiger partial charge in [0.15, 0.2) is 11.5 Å². The van der Waals surface area contributed by atoms with Gasteiger partial charge < -0.3 is 15.6 Å². The Morgan fingerprint density at radius 1 is 1.32 bits per heavy atom. The lowest BCUT2D eigenvalue weighted by Crippen LogP contribution is -2.11. The molecule has 1 aromatic rings. The van der Waals surface area contributed by atoms with E-state index in [1.165, 1.54) is 0 Å². The second kappa shape index (κ2) is 8.67. The Kier molecular flexibility index (Phi) is 8.46. The first-order valence-electron chi connectivity index (χ1n) is 6.36. The van der Waals surface area contributed by atoms with Crippen molar-refractivity contribution < 1.29 is 9.84 Å². The minimum atomic E-state index is -0.0245. The summed E-state index contributed by atoms with van der Waals surface area (Å²) in [5, 5.41) is 9.84. The summed E-state index contributed by atoms with van der Waals surface area (Å²) in [6, 6.07) is 3.67. The molecule has 3 nitrogen and oxygen atoms in total. The minimum absolute atomic E-state index is 0. The van der Waals surface area contributed by atoms with Gasteiger partial charge in [-0.3, -0.25) is 0 Å². The number of phenolic OH excluding ortho intramolecular Hbond substituents is 1. The lowest BCUT2D eigenvalue weighted by atomic mass is 9.98. The summed E-state index contributed by atoms with van der Waals surface area (Å²) < 4.78 is 6.03. The van der Waals surface area contributed by atoms with Gasteiger partial charge in [0.2, 0.25) is 0 Å². The number of aromatic hydroxyl groups is 1. The molecule has 1 atom stereocenters. The molecule has 5 heteroatoms. The lowest BCUT2D eigenvalue weighted by molar-refractivity contribution is 0.316. The first kappa shape index (κ1) is 18.6. The van der Waals surface area contributed by atoms with Crippen LogP contribution in [-0.2, 0) is 0 Å². The van der Waals surface area contributed by atoms with E-state index in [-0.39, 0.29) is 24.2 Å². The smallest absolute Gasteiger partial charge is 0.172 e. The minimum Gasteiger partial charge on any atom is -0.503 e. The molecular formula is C14H23BrClNO2. The first-order valence-corrected chi connectivity index (χ1v) is 7.15. The SMILES string of the molecule is CCOc1cc([C@@H](N)CCC(C)C)cc(Br)c1O.Cl. The maximum atomic E-state index is 9.84. The number of hydrogen-bond acceptors (Lipinski definition) is 3. The molecule has 0 aliphatic rings. The number of nitrogens with two attached hydrogens (primary N) is 1. The van der Waals surface area contributed by atoms with Crippen molar-refractivity contribution >= 4 is 28.3 Å². The molecule has 0 heterocycles. The Morgan fingerprint density at radius 2 is 1.95 bits per heavy atom. The fourth-order valence-electron chi connectivity index (χ4n) is 1.75. The number of phenols is 1. The number of hydrogen-bond donors (Lipinski definition) is 2. The molecule has 1 aromatic carbocycles. The van der Waals surface area contributed by atoms with Gasteiger partial charge in [-0.2, -0.15) is 0 Å². The van der Waals surface area contributed by atoms with E-state index < -0.39 is 0 Å². The van der Waals surface area contributed by atoms with Gasteiger partial charge >= 0.3 is 0 Å². The summed E-state index contributed by atoms with van der Waals surface area (Å²) in [4.78, 5) is 0. The molecule has 0 spiro atoms. The van der Waals surface area contributed by atoms with E-state index in [2.05, 4.69) is 29.8 Å². The van der Waals surface area contributed by atoms with Crippen LogP contribution < -0.4 is 10.5 Å². The van der Waals surface area contributed by atoms with Crippen molar-refractivity contribution in [2.75, 3.05) is 6.61 Å². The van der Waals surface area contributed by atoms with Crippen LogP contribution in [-0.4, -0.2) is 11.7 Å². The molecule has 0 saturated carbocycles. The van der Waals surface area contributed by atoms with Gasteiger partial charge in [0, 0.05) is 6.04 Å². The lowest BCUT2D eigenvalue weighted by Gasteiger charge is -2.16. The molecule has 3 N–H and O–H groups in total. The topological polar surface area (TPSA) is 55.5 Å². The zero-order chi connectivity index (χ0) is 13.7. The third-order valence-corrected chi connectivity index (χ3v) is 3.44. The van der Waals surface area contributed by atoms with Gasteiger partial charge in [-0.25, -0.2) is 0 Å². The van der Waals surface area contributed by atoms with Crippen molar-refractivity contribution in [1.82, 2.24) is 0 Å². The zero-order valence-corrected chi connectivity index (χ0v) is 14.1. The number of halogens is 2. The molecule has 0 radical (unpaired) electrons. The second-order valence-corrected chi connectivity index (χ2v) is 5.71. The van der Waals surface area contributed by atoms with Gasteiger partial charge in [0.05, 0.1) is 11.1 Å². The summed E-state index contributed by atoms with van der Waals surface area (Å²) in [5.41, 5.74) is 7.16. The number of benzene rings is 1. The van der Waals surface area contributed by atoms with Crippen LogP contribution in [0.1, 0.15) is 45.2 Å². The average molecular weight is 353 g/mol. The first-order chi connectivity index (χ1) is 8.45. The molecule has 0 aliphatic heterocycles. The van der Waals surface area contributed by atoms with E-state index >= 15 is 0 Å². The highest BCUT2D eigenvalue weighted by molar-refractivity contribution is 9.10. The van der Waals surface area contributed by atoms with E-state index in [0.29, 0.717) is 22.7 Å². The maximum absolute atomic E-state index is 9.84. The van der Waals surface area contributed by atoms with Gasteiger partial charge in [0.1, 0.15) is 0 Å². The third-order valence-electron chi connectivity index (χ3n) is 2.83. The molecule has 0 unspecified atom stereocenters. The standard InChI is InChI=1S/C14H22BrNO2.ClH/c1-4-18-13-8-10(7-11(15)14(13)17)12(16)6-5-9(2)3;/h7-9,12,17H,4-6,16H2,1-3H3;1H/t12-;/m0./s1. The highest BCUT2D eigenvalue weighted by Gasteiger charge is 2.14. The fourth-order valence-corrected chi connectivity index (χ4v) is 2.21. The largest absolute Gasteiger partial charge is 0.503 e. The third kappa shape index (κ3) is 5.59. The molecule has 19 heavy (non-hydrogen) atoms. The second-order valence-electron chi connectivity index (χ2n) is 4.86. The Hall–Kier alpha value is -0.450. The number of ether oxygens (including phenoxy) is 1. The number of rotatable bonds is 6. The van der Waals surface area contributed by atoms with Crippen LogP contribution in [0.4, 0.5) is 0 Å². The van der Waals surface area contributed by atoms with E-state index in [4.69, 9.17) is 10.5 Å². The molecule has 0 bridgehead atoms. The van der Waals surface area contributed by atoms with Crippen molar-refractivity contribution in [2.24, 2.45) is 11.7 Å². The Bertz CT molecular complexity index is 399. The van der Waals surface area contributed by atoms with Crippen LogP contribution in [0.3, 0.4) is 0 Å². The molecule has 110 valence electrons. The van der Waals surface area contributed by atoms with Crippen LogP contribution in [0.25, 0.3) is 0 Å². The summed E-state index contributed by atoms with van der Waals surface area (Å²) in [7, 11) is 0. The monoisotopic (exact) mass is 351 g/mol. The van der Waals surface area contributed by atoms with E-state index in [9.17, 15) is 5.11 Å². The van der Waals surface area contributed by atoms with Crippen LogP contribution >= 0.6 is 28.3 Å². The summed E-state index contributed by atoms with van der Waals surface area (Å²) >= 11 is 3.33. The molecule has 0 aromatic heterocycles. The molecule has 1 rings (SSSR count). The fraction of sp³-hybridized carbons (Fsp3) is 0.571. The van der Waals surface area contributed by atoms with Gasteiger partial charge in [-0.05, 0) is 59.3 Å². The summed E-state index contributed by atoms with van der Waals surface area (Å²) in [6.07, 6.45) is 2.02. The van der Waals surface area contributed by atoms with Crippen LogP contribution in [0, 0.1) is 5.92 Å². The molecule has 0 saturated heterocycles. The summed E-state index contributed by atoms with van der Waals surface area (Å²) in [5.74, 6) is 1.27. The van der Waals surface area contributed by atoms with Crippen molar-refractivity contribution in [3.8, 4) is 11.5 Å². The highest BCUT2D eigenvalue weighted by atomic mass is 79.9. The van der Waals surface area contributed by atoms with Crippen molar-refractivity contribution in [3.63, 3.8) is 0 Å². The normalized spacial score (nSPS) is 12.1. The van der Waals surface area contributed by atoms with Gasteiger partial charge in [-0.1, -0.05) is 13.8 Å². The molecule has 0 aliphatic carbocycles. The maximum Gasteiger partial charge on any atom is 0.172 e. The molecule has 0 amide bonds. The Balaban J connectivity index is 0.00000324. The van der Waals surface area contributed by atoms with Crippen LogP contribution in [0.15, 0.2) is 16.6 Å². The van der Waals surface area contributed by atoms with Crippen molar-refractivity contribution in [1.29, 1.82) is 0 Å². The van der Waals surface area contributed by atoms with Crippen molar-refractivity contribution in [3.05, 3.63) is 22.2 Å². The van der Waals surface area contributed by atoms with E-state index in [0.717, 1.165) is 18.4 Å². The molecular weight excluding hydrogens is 330 g/mol. The van der Waals surface area contributed by atoms with E-state index in [1.54, 1.807) is 0 Å². The highest BCUT2D eigenvalue weighted by Crippen LogP contribution is 2.37. The average Bonchev–Trinajstić information content (AvgIpc) is 2.31. The predicted molar refractivity (Wildman–Crippen MR) is 85.2 cm³/mol. The Morgan fingerprint density at radius 3 is 2.47 bits per heavy atom. The molecule has 0 fully saturated rings. The van der Waals surface area contributed by atoms with Crippen LogP contribution in [0.2, 0.25) is 0 Å². The van der Waals surface area contributed by atoms with Gasteiger partial charge in [0.25, 0.3) is 0 Å². The van der Waals surface area contributed by atoms with Crippen molar-refractivity contribution in [2.45, 2.75) is 39.7 Å². The summed E-state index contributed by atoms with van der Waals surface area (Å²) in [6.45, 7) is 6.78. The quantitative estimate of drug-likeness (QED) is 0.797.